The molecule has 1 aliphatic carbocycles. The van der Waals surface area contributed by atoms with E-state index in [1.807, 2.05) is 43.3 Å². The maximum absolute atomic E-state index is 13.2. The van der Waals surface area contributed by atoms with Crippen molar-refractivity contribution in [2.75, 3.05) is 20.2 Å². The van der Waals surface area contributed by atoms with Crippen molar-refractivity contribution in [2.45, 2.75) is 37.8 Å². The smallest absolute Gasteiger partial charge is 0.252 e. The number of fused-ring (bicyclic) bond motifs is 1. The summed E-state index contributed by atoms with van der Waals surface area (Å²) in [4.78, 5) is 20.0. The lowest BCUT2D eigenvalue weighted by Crippen LogP contribution is -2.48. The van der Waals surface area contributed by atoms with Crippen LogP contribution in [0.1, 0.15) is 40.7 Å². The third-order valence-corrected chi connectivity index (χ3v) is 6.60. The van der Waals surface area contributed by atoms with E-state index in [1.54, 1.807) is 6.20 Å². The zero-order valence-corrected chi connectivity index (χ0v) is 17.5. The van der Waals surface area contributed by atoms with E-state index < -0.39 is 0 Å². The number of amides is 1. The first-order chi connectivity index (χ1) is 14.6. The van der Waals surface area contributed by atoms with Crippen LogP contribution in [0.15, 0.2) is 54.7 Å². The van der Waals surface area contributed by atoms with Gasteiger partial charge in [0.2, 0.25) is 0 Å². The number of ether oxygens (including phenoxy) is 1. The number of aromatic nitrogens is 1. The normalized spacial score (nSPS) is 19.9. The Bertz CT molecular complexity index is 1100. The van der Waals surface area contributed by atoms with E-state index in [9.17, 15) is 4.79 Å². The predicted molar refractivity (Wildman–Crippen MR) is 118 cm³/mol. The molecule has 5 heteroatoms. The van der Waals surface area contributed by atoms with Crippen molar-refractivity contribution < 1.29 is 9.53 Å². The molecule has 2 fully saturated rings. The number of nitrogens with one attached hydrogen (secondary N) is 1. The molecule has 1 saturated carbocycles. The van der Waals surface area contributed by atoms with Gasteiger partial charge in [-0.25, -0.2) is 0 Å². The number of aryl methyl sites for hydroxylation is 1. The fourth-order valence-corrected chi connectivity index (χ4v) is 4.30. The number of carbonyl (C=O) groups excluding carboxylic acids is 1. The van der Waals surface area contributed by atoms with Crippen molar-refractivity contribution >= 4 is 16.8 Å². The van der Waals surface area contributed by atoms with Gasteiger partial charge in [-0.15, -0.1) is 0 Å². The molecule has 2 heterocycles. The molecule has 0 bridgehead atoms. The topological polar surface area (TPSA) is 54.5 Å². The molecule has 1 unspecified atom stereocenters. The zero-order valence-electron chi connectivity index (χ0n) is 17.5. The number of pyridine rings is 1. The van der Waals surface area contributed by atoms with Crippen LogP contribution < -0.4 is 10.1 Å². The molecular formula is C25H27N3O2. The summed E-state index contributed by atoms with van der Waals surface area (Å²) in [5.74, 6) is 0.711. The summed E-state index contributed by atoms with van der Waals surface area (Å²) in [6, 6.07) is 16.5. The summed E-state index contributed by atoms with van der Waals surface area (Å²) in [6.07, 6.45) is 4.85. The number of likely N-dealkylation sites (N-methyl/N-ethyl adjacent to an activating group) is 1. The Hall–Kier alpha value is -2.92. The first-order valence-electron chi connectivity index (χ1n) is 10.7. The quantitative estimate of drug-likeness (QED) is 0.677. The summed E-state index contributed by atoms with van der Waals surface area (Å²) >= 11 is 0. The molecule has 2 aliphatic rings. The number of nitrogens with zero attached hydrogens (tertiary/aromatic N) is 2. The summed E-state index contributed by atoms with van der Waals surface area (Å²) in [5.41, 5.74) is 3.44. The fraction of sp³-hybridized carbons (Fsp3) is 0.360. The summed E-state index contributed by atoms with van der Waals surface area (Å²) in [6.45, 7) is 3.76. The first kappa shape index (κ1) is 19.1. The van der Waals surface area contributed by atoms with Crippen molar-refractivity contribution in [3.05, 3.63) is 71.4 Å². The van der Waals surface area contributed by atoms with Crippen LogP contribution in [0.4, 0.5) is 0 Å². The Labute approximate surface area is 177 Å². The Morgan fingerprint density at radius 3 is 2.83 bits per heavy atom. The zero-order chi connectivity index (χ0) is 20.7. The molecule has 30 heavy (non-hydrogen) atoms. The maximum atomic E-state index is 13.2. The van der Waals surface area contributed by atoms with Crippen molar-refractivity contribution in [1.29, 1.82) is 0 Å². The van der Waals surface area contributed by atoms with E-state index >= 15 is 0 Å². The fourth-order valence-electron chi connectivity index (χ4n) is 4.30. The average molecular weight is 402 g/mol. The molecule has 1 atom stereocenters. The highest BCUT2D eigenvalue weighted by molar-refractivity contribution is 5.97. The minimum absolute atomic E-state index is 0.0443. The Kier molecular flexibility index (Phi) is 4.70. The van der Waals surface area contributed by atoms with Crippen LogP contribution in [0.25, 0.3) is 10.9 Å². The molecule has 5 nitrogen and oxygen atoms in total. The summed E-state index contributed by atoms with van der Waals surface area (Å²) < 4.78 is 5.98. The molecule has 1 N–H and O–H groups in total. The second-order valence-electron chi connectivity index (χ2n) is 8.62. The number of benzene rings is 2. The molecule has 1 saturated heterocycles. The second kappa shape index (κ2) is 7.40. The van der Waals surface area contributed by atoms with Gasteiger partial charge in [-0.3, -0.25) is 14.7 Å². The molecule has 0 spiro atoms. The first-order valence-corrected chi connectivity index (χ1v) is 10.7. The molecular weight excluding hydrogens is 374 g/mol. The molecule has 154 valence electrons. The van der Waals surface area contributed by atoms with Crippen molar-refractivity contribution in [3.8, 4) is 5.75 Å². The van der Waals surface area contributed by atoms with E-state index in [-0.39, 0.29) is 11.4 Å². The van der Waals surface area contributed by atoms with E-state index in [2.05, 4.69) is 34.4 Å². The van der Waals surface area contributed by atoms with Crippen molar-refractivity contribution in [3.63, 3.8) is 0 Å². The highest BCUT2D eigenvalue weighted by Crippen LogP contribution is 2.48. The van der Waals surface area contributed by atoms with Crippen LogP contribution in [0.5, 0.6) is 5.75 Å². The van der Waals surface area contributed by atoms with Crippen molar-refractivity contribution in [1.82, 2.24) is 15.2 Å². The Balaban J connectivity index is 1.36. The van der Waals surface area contributed by atoms with E-state index in [1.165, 1.54) is 0 Å². The van der Waals surface area contributed by atoms with Crippen LogP contribution in [-0.4, -0.2) is 42.0 Å². The van der Waals surface area contributed by atoms with Crippen LogP contribution in [0.3, 0.4) is 0 Å². The van der Waals surface area contributed by atoms with Gasteiger partial charge in [-0.1, -0.05) is 24.3 Å². The number of rotatable bonds is 6. The van der Waals surface area contributed by atoms with Crippen LogP contribution in [0, 0.1) is 6.92 Å². The monoisotopic (exact) mass is 401 g/mol. The van der Waals surface area contributed by atoms with Gasteiger partial charge < -0.3 is 10.1 Å². The van der Waals surface area contributed by atoms with E-state index in [4.69, 9.17) is 4.74 Å². The van der Waals surface area contributed by atoms with Crippen LogP contribution in [0.2, 0.25) is 0 Å². The SMILES string of the molecule is Cc1ccc(OCC2CCN2C)cc1C(=O)NC1(c2cccc3ncccc23)CC1. The Morgan fingerprint density at radius 1 is 1.23 bits per heavy atom. The average Bonchev–Trinajstić information content (AvgIpc) is 3.53. The number of carbonyl (C=O) groups is 1. The highest BCUT2D eigenvalue weighted by atomic mass is 16.5. The van der Waals surface area contributed by atoms with E-state index in [0.29, 0.717) is 18.2 Å². The molecule has 5 rings (SSSR count). The minimum Gasteiger partial charge on any atom is -0.492 e. The standard InChI is InChI=1S/C25H27N3O2/c1-17-8-9-19(30-16-18-10-14-28(18)2)15-21(17)24(29)27-25(11-12-25)22-6-3-7-23-20(22)5-4-13-26-23/h3-9,13,15,18H,10-12,14,16H2,1-2H3,(H,27,29). The van der Waals surface area contributed by atoms with Gasteiger partial charge in [-0.2, -0.15) is 0 Å². The number of likely N-dealkylation sites (tertiary alicyclic amines) is 1. The number of hydrogen-bond donors (Lipinski definition) is 1. The van der Waals surface area contributed by atoms with Gasteiger partial charge in [0.25, 0.3) is 5.91 Å². The van der Waals surface area contributed by atoms with Gasteiger partial charge in [0, 0.05) is 23.2 Å². The van der Waals surface area contributed by atoms with E-state index in [0.717, 1.165) is 53.6 Å². The molecule has 0 radical (unpaired) electrons. The van der Waals surface area contributed by atoms with Gasteiger partial charge in [0.1, 0.15) is 12.4 Å². The van der Waals surface area contributed by atoms with Crippen molar-refractivity contribution in [2.24, 2.45) is 0 Å². The third kappa shape index (κ3) is 3.43. The van der Waals surface area contributed by atoms with Gasteiger partial charge >= 0.3 is 0 Å². The molecule has 1 aromatic heterocycles. The van der Waals surface area contributed by atoms with Crippen LogP contribution in [-0.2, 0) is 5.54 Å². The molecule has 1 aliphatic heterocycles. The molecule has 1 amide bonds. The van der Waals surface area contributed by atoms with Crippen LogP contribution >= 0.6 is 0 Å². The molecule has 3 aromatic rings. The second-order valence-corrected chi connectivity index (χ2v) is 8.62. The minimum atomic E-state index is -0.308. The van der Waals surface area contributed by atoms with Gasteiger partial charge in [0.05, 0.1) is 11.1 Å². The summed E-state index contributed by atoms with van der Waals surface area (Å²) in [7, 11) is 2.11. The maximum Gasteiger partial charge on any atom is 0.252 e. The van der Waals surface area contributed by atoms with Gasteiger partial charge in [0.15, 0.2) is 0 Å². The summed E-state index contributed by atoms with van der Waals surface area (Å²) in [5, 5.41) is 4.43. The largest absolute Gasteiger partial charge is 0.492 e. The number of hydrogen-bond acceptors (Lipinski definition) is 4. The lowest BCUT2D eigenvalue weighted by molar-refractivity contribution is 0.0767. The lowest BCUT2D eigenvalue weighted by atomic mass is 9.98. The predicted octanol–water partition coefficient (Wildman–Crippen LogP) is 4.05. The molecule has 2 aromatic carbocycles. The Morgan fingerprint density at radius 2 is 2.10 bits per heavy atom. The van der Waals surface area contributed by atoms with Gasteiger partial charge in [-0.05, 0) is 75.2 Å². The lowest BCUT2D eigenvalue weighted by Gasteiger charge is -2.37. The third-order valence-electron chi connectivity index (χ3n) is 6.60. The highest BCUT2D eigenvalue weighted by Gasteiger charge is 2.46.